The van der Waals surface area contributed by atoms with Gasteiger partial charge in [-0.05, 0) is 0 Å². The summed E-state index contributed by atoms with van der Waals surface area (Å²) in [5.74, 6) is -2.96. The van der Waals surface area contributed by atoms with Crippen LogP contribution in [0.3, 0.4) is 0 Å². The molecule has 3 nitrogen and oxygen atoms in total. The molecule has 0 aliphatic rings. The molecular formula is C8H17F3N2O. The van der Waals surface area contributed by atoms with E-state index in [-0.39, 0.29) is 13.1 Å². The third kappa shape index (κ3) is 6.17. The third-order valence-electron chi connectivity index (χ3n) is 1.77. The molecule has 0 fully saturated rings. The maximum atomic E-state index is 12.8. The van der Waals surface area contributed by atoms with Gasteiger partial charge in [0, 0.05) is 20.2 Å². The van der Waals surface area contributed by atoms with Crippen molar-refractivity contribution in [1.82, 2.24) is 4.90 Å². The zero-order valence-corrected chi connectivity index (χ0v) is 8.31. The molecule has 0 atom stereocenters. The van der Waals surface area contributed by atoms with Crippen LogP contribution in [0.2, 0.25) is 0 Å². The zero-order valence-electron chi connectivity index (χ0n) is 8.31. The lowest BCUT2D eigenvalue weighted by atomic mass is 10.3. The molecule has 2 N–H and O–H groups in total. The van der Waals surface area contributed by atoms with Gasteiger partial charge in [0.1, 0.15) is 6.67 Å². The molecule has 0 aromatic carbocycles. The molecule has 0 aliphatic carbocycles. The first kappa shape index (κ1) is 13.7. The number of ether oxygens (including phenoxy) is 1. The fourth-order valence-corrected chi connectivity index (χ4v) is 1.00. The van der Waals surface area contributed by atoms with E-state index < -0.39 is 25.7 Å². The van der Waals surface area contributed by atoms with Crippen molar-refractivity contribution in [3.8, 4) is 0 Å². The van der Waals surface area contributed by atoms with Gasteiger partial charge in [0.25, 0.3) is 5.92 Å². The van der Waals surface area contributed by atoms with E-state index in [1.54, 1.807) is 0 Å². The molecule has 0 saturated heterocycles. The van der Waals surface area contributed by atoms with Gasteiger partial charge in [-0.15, -0.1) is 0 Å². The van der Waals surface area contributed by atoms with E-state index >= 15 is 0 Å². The normalized spacial score (nSPS) is 12.4. The fourth-order valence-electron chi connectivity index (χ4n) is 1.00. The Morgan fingerprint density at radius 3 is 2.43 bits per heavy atom. The molecule has 0 amide bonds. The molecule has 0 saturated carbocycles. The van der Waals surface area contributed by atoms with Crippen LogP contribution in [0.1, 0.15) is 0 Å². The molecule has 0 radical (unpaired) electrons. The van der Waals surface area contributed by atoms with Gasteiger partial charge < -0.3 is 10.5 Å². The van der Waals surface area contributed by atoms with E-state index in [4.69, 9.17) is 10.5 Å². The fraction of sp³-hybridized carbons (Fsp3) is 1.00. The van der Waals surface area contributed by atoms with Gasteiger partial charge in [0.2, 0.25) is 0 Å². The van der Waals surface area contributed by atoms with Crippen molar-refractivity contribution in [2.45, 2.75) is 5.92 Å². The highest BCUT2D eigenvalue weighted by atomic mass is 19.3. The average Bonchev–Trinajstić information content (AvgIpc) is 2.14. The quantitative estimate of drug-likeness (QED) is 0.639. The van der Waals surface area contributed by atoms with Crippen LogP contribution in [0, 0.1) is 0 Å². The summed E-state index contributed by atoms with van der Waals surface area (Å²) in [5, 5.41) is 0. The minimum Gasteiger partial charge on any atom is -0.383 e. The Morgan fingerprint density at radius 2 is 2.00 bits per heavy atom. The maximum Gasteiger partial charge on any atom is 0.272 e. The number of hydrogen-bond acceptors (Lipinski definition) is 3. The third-order valence-corrected chi connectivity index (χ3v) is 1.77. The highest BCUT2D eigenvalue weighted by Gasteiger charge is 2.29. The second-order valence-electron chi connectivity index (χ2n) is 3.02. The minimum atomic E-state index is -2.96. The zero-order chi connectivity index (χ0) is 11.0. The average molecular weight is 214 g/mol. The number of alkyl halides is 3. The van der Waals surface area contributed by atoms with Crippen LogP contribution in [0.4, 0.5) is 13.2 Å². The SMILES string of the molecule is COCCN(CCF)CC(F)(F)CN. The van der Waals surface area contributed by atoms with Crippen molar-refractivity contribution < 1.29 is 17.9 Å². The minimum absolute atomic E-state index is 0.0149. The van der Waals surface area contributed by atoms with E-state index in [1.165, 1.54) is 12.0 Å². The Kier molecular flexibility index (Phi) is 6.86. The Balaban J connectivity index is 3.94. The van der Waals surface area contributed by atoms with Gasteiger partial charge >= 0.3 is 0 Å². The van der Waals surface area contributed by atoms with Crippen LogP contribution in [0.25, 0.3) is 0 Å². The van der Waals surface area contributed by atoms with Gasteiger partial charge in [0.15, 0.2) is 0 Å². The van der Waals surface area contributed by atoms with E-state index in [0.717, 1.165) is 0 Å². The van der Waals surface area contributed by atoms with E-state index in [0.29, 0.717) is 6.61 Å². The highest BCUT2D eigenvalue weighted by Crippen LogP contribution is 2.12. The molecule has 0 spiro atoms. The molecule has 0 heterocycles. The van der Waals surface area contributed by atoms with Crippen molar-refractivity contribution in [2.24, 2.45) is 5.73 Å². The number of hydrogen-bond donors (Lipinski definition) is 1. The molecule has 0 rings (SSSR count). The van der Waals surface area contributed by atoms with Crippen molar-refractivity contribution >= 4 is 0 Å². The Bertz CT molecular complexity index is 147. The summed E-state index contributed by atoms with van der Waals surface area (Å²) in [7, 11) is 1.47. The second kappa shape index (κ2) is 7.03. The van der Waals surface area contributed by atoms with E-state index in [1.807, 2.05) is 0 Å². The number of methoxy groups -OCH3 is 1. The molecule has 6 heteroatoms. The number of halogens is 3. The molecule has 14 heavy (non-hydrogen) atoms. The Hall–Kier alpha value is -0.330. The first-order valence-electron chi connectivity index (χ1n) is 4.41. The molecule has 86 valence electrons. The van der Waals surface area contributed by atoms with Gasteiger partial charge in [0.05, 0.1) is 19.7 Å². The number of nitrogens with zero attached hydrogens (tertiary/aromatic N) is 1. The summed E-state index contributed by atoms with van der Waals surface area (Å²) in [6, 6.07) is 0. The Morgan fingerprint density at radius 1 is 1.36 bits per heavy atom. The van der Waals surface area contributed by atoms with E-state index in [9.17, 15) is 13.2 Å². The molecular weight excluding hydrogens is 197 g/mol. The lowest BCUT2D eigenvalue weighted by Crippen LogP contribution is -2.43. The molecule has 0 bridgehead atoms. The van der Waals surface area contributed by atoms with Gasteiger partial charge in [-0.1, -0.05) is 0 Å². The van der Waals surface area contributed by atoms with Crippen LogP contribution >= 0.6 is 0 Å². The topological polar surface area (TPSA) is 38.5 Å². The van der Waals surface area contributed by atoms with Crippen LogP contribution in [0.5, 0.6) is 0 Å². The van der Waals surface area contributed by atoms with Crippen molar-refractivity contribution in [1.29, 1.82) is 0 Å². The predicted molar refractivity (Wildman–Crippen MR) is 48.3 cm³/mol. The molecule has 0 aromatic rings. The largest absolute Gasteiger partial charge is 0.383 e. The van der Waals surface area contributed by atoms with Crippen LogP contribution < -0.4 is 5.73 Å². The summed E-state index contributed by atoms with van der Waals surface area (Å²) >= 11 is 0. The van der Waals surface area contributed by atoms with Crippen LogP contribution in [0.15, 0.2) is 0 Å². The predicted octanol–water partition coefficient (Wildman–Crippen LogP) is 0.498. The first-order chi connectivity index (χ1) is 6.55. The number of rotatable bonds is 8. The lowest BCUT2D eigenvalue weighted by molar-refractivity contribution is -0.0286. The van der Waals surface area contributed by atoms with Gasteiger partial charge in [-0.2, -0.15) is 0 Å². The maximum absolute atomic E-state index is 12.8. The van der Waals surface area contributed by atoms with Crippen molar-refractivity contribution in [3.63, 3.8) is 0 Å². The van der Waals surface area contributed by atoms with Crippen molar-refractivity contribution in [3.05, 3.63) is 0 Å². The van der Waals surface area contributed by atoms with Crippen LogP contribution in [-0.2, 0) is 4.74 Å². The van der Waals surface area contributed by atoms with E-state index in [2.05, 4.69) is 0 Å². The summed E-state index contributed by atoms with van der Waals surface area (Å²) in [5.41, 5.74) is 4.88. The first-order valence-corrected chi connectivity index (χ1v) is 4.41. The summed E-state index contributed by atoms with van der Waals surface area (Å²) in [6.07, 6.45) is 0. The number of nitrogens with two attached hydrogens (primary N) is 1. The van der Waals surface area contributed by atoms with Crippen molar-refractivity contribution in [2.75, 3.05) is 46.6 Å². The highest BCUT2D eigenvalue weighted by molar-refractivity contribution is 4.73. The summed E-state index contributed by atoms with van der Waals surface area (Å²) < 4.78 is 42.4. The smallest absolute Gasteiger partial charge is 0.272 e. The second-order valence-corrected chi connectivity index (χ2v) is 3.02. The van der Waals surface area contributed by atoms with Gasteiger partial charge in [-0.3, -0.25) is 4.90 Å². The molecule has 0 aromatic heterocycles. The molecule has 0 unspecified atom stereocenters. The van der Waals surface area contributed by atoms with Gasteiger partial charge in [-0.25, -0.2) is 13.2 Å². The standard InChI is InChI=1S/C8H17F3N2O/c1-14-5-4-13(3-2-9)7-8(10,11)6-12/h2-7,12H2,1H3. The molecule has 0 aliphatic heterocycles. The lowest BCUT2D eigenvalue weighted by Gasteiger charge is -2.25. The monoisotopic (exact) mass is 214 g/mol. The van der Waals surface area contributed by atoms with Crippen LogP contribution in [-0.4, -0.2) is 57.4 Å². The Labute approximate surface area is 82.0 Å². The summed E-state index contributed by atoms with van der Waals surface area (Å²) in [6.45, 7) is -1.31. The summed E-state index contributed by atoms with van der Waals surface area (Å²) in [4.78, 5) is 1.30.